The van der Waals surface area contributed by atoms with Crippen molar-refractivity contribution in [1.29, 1.82) is 0 Å². The summed E-state index contributed by atoms with van der Waals surface area (Å²) in [6.07, 6.45) is 1.11. The zero-order valence-corrected chi connectivity index (χ0v) is 19.8. The van der Waals surface area contributed by atoms with Gasteiger partial charge in [0.2, 0.25) is 15.9 Å². The zero-order chi connectivity index (χ0) is 24.0. The van der Waals surface area contributed by atoms with Crippen LogP contribution in [0.3, 0.4) is 0 Å². The van der Waals surface area contributed by atoms with Gasteiger partial charge < -0.3 is 10.2 Å². The normalized spacial score (nSPS) is 15.0. The van der Waals surface area contributed by atoms with E-state index in [-0.39, 0.29) is 28.4 Å². The number of hydrogen-bond donors (Lipinski definition) is 1. The number of benzene rings is 2. The Morgan fingerprint density at radius 3 is 2.12 bits per heavy atom. The number of piperidine rings is 1. The molecule has 0 spiro atoms. The van der Waals surface area contributed by atoms with Crippen molar-refractivity contribution in [2.75, 3.05) is 26.2 Å². The molecule has 2 aromatic rings. The first-order valence-electron chi connectivity index (χ1n) is 11.2. The molecule has 0 aliphatic carbocycles. The molecule has 0 saturated carbocycles. The molecule has 0 unspecified atom stereocenters. The highest BCUT2D eigenvalue weighted by Crippen LogP contribution is 2.20. The lowest BCUT2D eigenvalue weighted by molar-refractivity contribution is -0.126. The second-order valence-corrected chi connectivity index (χ2v) is 9.96. The van der Waals surface area contributed by atoms with Crippen LogP contribution in [0.25, 0.3) is 0 Å². The highest BCUT2D eigenvalue weighted by Gasteiger charge is 2.28. The number of rotatable bonds is 8. The first-order valence-corrected chi connectivity index (χ1v) is 12.6. The number of nitrogens with zero attached hydrogens (tertiary/aromatic N) is 2. The van der Waals surface area contributed by atoms with Crippen LogP contribution in [-0.2, 0) is 21.4 Å². The summed E-state index contributed by atoms with van der Waals surface area (Å²) in [4.78, 5) is 27.0. The number of sulfonamides is 1. The van der Waals surface area contributed by atoms with E-state index in [1.54, 1.807) is 43.0 Å². The van der Waals surface area contributed by atoms with E-state index >= 15 is 0 Å². The Morgan fingerprint density at radius 2 is 1.58 bits per heavy atom. The minimum absolute atomic E-state index is 0.0799. The Labute approximate surface area is 194 Å². The fourth-order valence-electron chi connectivity index (χ4n) is 3.95. The van der Waals surface area contributed by atoms with E-state index in [4.69, 9.17) is 0 Å². The minimum atomic E-state index is -3.51. The van der Waals surface area contributed by atoms with Gasteiger partial charge >= 0.3 is 0 Å². The highest BCUT2D eigenvalue weighted by molar-refractivity contribution is 7.89. The molecular weight excluding hydrogens is 445 g/mol. The van der Waals surface area contributed by atoms with Gasteiger partial charge in [-0.2, -0.15) is 4.31 Å². The number of hydrogen-bond acceptors (Lipinski definition) is 4. The van der Waals surface area contributed by atoms with E-state index in [2.05, 4.69) is 5.32 Å². The van der Waals surface area contributed by atoms with Crippen molar-refractivity contribution in [2.45, 2.75) is 38.1 Å². The van der Waals surface area contributed by atoms with Gasteiger partial charge in [-0.1, -0.05) is 26.0 Å². The van der Waals surface area contributed by atoms with Crippen LogP contribution in [0.5, 0.6) is 0 Å². The van der Waals surface area contributed by atoms with E-state index in [9.17, 15) is 22.4 Å². The van der Waals surface area contributed by atoms with Gasteiger partial charge in [0.1, 0.15) is 5.82 Å². The standard InChI is InChI=1S/C24H30FN3O4S/c1-3-28(4-2)33(31,32)22-11-5-18(6-12-22)17-26-23(29)19-13-15-27(16-14-19)24(30)20-7-9-21(25)10-8-20/h5-12,19H,3-4,13-17H2,1-2H3,(H,26,29). The number of carbonyl (C=O) groups excluding carboxylic acids is 2. The third-order valence-corrected chi connectivity index (χ3v) is 8.04. The molecule has 1 aliphatic heterocycles. The largest absolute Gasteiger partial charge is 0.352 e. The first-order chi connectivity index (χ1) is 15.8. The average molecular weight is 476 g/mol. The molecule has 1 heterocycles. The minimum Gasteiger partial charge on any atom is -0.352 e. The Balaban J connectivity index is 1.49. The number of likely N-dealkylation sites (tertiary alicyclic amines) is 1. The second kappa shape index (κ2) is 10.9. The average Bonchev–Trinajstić information content (AvgIpc) is 2.83. The third kappa shape index (κ3) is 5.97. The lowest BCUT2D eigenvalue weighted by Crippen LogP contribution is -2.42. The molecule has 0 bridgehead atoms. The maximum Gasteiger partial charge on any atom is 0.253 e. The molecule has 2 aromatic carbocycles. The zero-order valence-electron chi connectivity index (χ0n) is 19.0. The summed E-state index contributed by atoms with van der Waals surface area (Å²) in [6, 6.07) is 12.0. The summed E-state index contributed by atoms with van der Waals surface area (Å²) < 4.78 is 39.6. The monoisotopic (exact) mass is 475 g/mol. The lowest BCUT2D eigenvalue weighted by atomic mass is 9.95. The van der Waals surface area contributed by atoms with Gasteiger partial charge in [0, 0.05) is 44.2 Å². The molecule has 0 aromatic heterocycles. The predicted molar refractivity (Wildman–Crippen MR) is 123 cm³/mol. The molecule has 1 aliphatic rings. The topological polar surface area (TPSA) is 86.8 Å². The van der Waals surface area contributed by atoms with Crippen LogP contribution in [-0.4, -0.2) is 55.6 Å². The van der Waals surface area contributed by atoms with E-state index in [1.165, 1.54) is 28.6 Å². The quantitative estimate of drug-likeness (QED) is 0.636. The van der Waals surface area contributed by atoms with Crippen LogP contribution < -0.4 is 5.32 Å². The Kier molecular flexibility index (Phi) is 8.20. The van der Waals surface area contributed by atoms with Crippen LogP contribution in [0, 0.1) is 11.7 Å². The van der Waals surface area contributed by atoms with Gasteiger partial charge in [0.15, 0.2) is 0 Å². The fourth-order valence-corrected chi connectivity index (χ4v) is 5.40. The molecule has 7 nitrogen and oxygen atoms in total. The molecule has 33 heavy (non-hydrogen) atoms. The summed E-state index contributed by atoms with van der Waals surface area (Å²) in [5, 5.41) is 2.91. The van der Waals surface area contributed by atoms with Crippen molar-refractivity contribution in [3.05, 3.63) is 65.5 Å². The summed E-state index contributed by atoms with van der Waals surface area (Å²) in [5.74, 6) is -0.816. The van der Waals surface area contributed by atoms with Crippen LogP contribution in [0.1, 0.15) is 42.6 Å². The smallest absolute Gasteiger partial charge is 0.253 e. The van der Waals surface area contributed by atoms with Gasteiger partial charge in [-0.05, 0) is 54.8 Å². The molecule has 9 heteroatoms. The van der Waals surface area contributed by atoms with Crippen molar-refractivity contribution in [1.82, 2.24) is 14.5 Å². The second-order valence-electron chi connectivity index (χ2n) is 8.02. The molecule has 3 rings (SSSR count). The molecule has 0 radical (unpaired) electrons. The maximum absolute atomic E-state index is 13.1. The maximum atomic E-state index is 13.1. The SMILES string of the molecule is CCN(CC)S(=O)(=O)c1ccc(CNC(=O)C2CCN(C(=O)c3ccc(F)cc3)CC2)cc1. The molecule has 1 saturated heterocycles. The number of halogens is 1. The molecule has 1 N–H and O–H groups in total. The highest BCUT2D eigenvalue weighted by atomic mass is 32.2. The van der Waals surface area contributed by atoms with Crippen molar-refractivity contribution in [2.24, 2.45) is 5.92 Å². The number of nitrogens with one attached hydrogen (secondary N) is 1. The number of carbonyl (C=O) groups is 2. The van der Waals surface area contributed by atoms with Gasteiger partial charge in [-0.25, -0.2) is 12.8 Å². The fraction of sp³-hybridized carbons (Fsp3) is 0.417. The molecule has 0 atom stereocenters. The Bertz CT molecular complexity index is 1060. The number of amides is 2. The van der Waals surface area contributed by atoms with E-state index in [1.807, 2.05) is 0 Å². The summed E-state index contributed by atoms with van der Waals surface area (Å²) >= 11 is 0. The van der Waals surface area contributed by atoms with E-state index < -0.39 is 10.0 Å². The van der Waals surface area contributed by atoms with Crippen molar-refractivity contribution >= 4 is 21.8 Å². The molecule has 1 fully saturated rings. The van der Waals surface area contributed by atoms with Crippen LogP contribution in [0.15, 0.2) is 53.4 Å². The van der Waals surface area contributed by atoms with Gasteiger partial charge in [-0.15, -0.1) is 0 Å². The van der Waals surface area contributed by atoms with E-state index in [0.29, 0.717) is 51.1 Å². The van der Waals surface area contributed by atoms with Crippen LogP contribution in [0.4, 0.5) is 4.39 Å². The van der Waals surface area contributed by atoms with Gasteiger partial charge in [0.05, 0.1) is 4.90 Å². The Hall–Kier alpha value is -2.78. The van der Waals surface area contributed by atoms with Gasteiger partial charge in [-0.3, -0.25) is 9.59 Å². The van der Waals surface area contributed by atoms with Crippen LogP contribution in [0.2, 0.25) is 0 Å². The molecule has 2 amide bonds. The predicted octanol–water partition coefficient (Wildman–Crippen LogP) is 3.02. The Morgan fingerprint density at radius 1 is 1.00 bits per heavy atom. The molecule has 178 valence electrons. The van der Waals surface area contributed by atoms with Crippen molar-refractivity contribution in [3.63, 3.8) is 0 Å². The molecular formula is C24H30FN3O4S. The summed E-state index contributed by atoms with van der Waals surface area (Å²) in [5.41, 5.74) is 1.25. The van der Waals surface area contributed by atoms with Crippen molar-refractivity contribution < 1.29 is 22.4 Å². The lowest BCUT2D eigenvalue weighted by Gasteiger charge is -2.31. The van der Waals surface area contributed by atoms with Gasteiger partial charge in [0.25, 0.3) is 5.91 Å². The van der Waals surface area contributed by atoms with E-state index in [0.717, 1.165) is 5.56 Å². The first kappa shape index (κ1) is 24.9. The van der Waals surface area contributed by atoms with Crippen LogP contribution >= 0.6 is 0 Å². The van der Waals surface area contributed by atoms with Crippen molar-refractivity contribution in [3.8, 4) is 0 Å². The third-order valence-electron chi connectivity index (χ3n) is 5.98. The summed E-state index contributed by atoms with van der Waals surface area (Å²) in [7, 11) is -3.51. The summed E-state index contributed by atoms with van der Waals surface area (Å²) in [6.45, 7) is 5.65.